The summed E-state index contributed by atoms with van der Waals surface area (Å²) in [6.07, 6.45) is 2.32. The summed E-state index contributed by atoms with van der Waals surface area (Å²) in [5.74, 6) is 0.472. The molecule has 2 rings (SSSR count). The average molecular weight is 262 g/mol. The Labute approximate surface area is 114 Å². The van der Waals surface area contributed by atoms with Gasteiger partial charge in [-0.15, -0.1) is 0 Å². The van der Waals surface area contributed by atoms with Gasteiger partial charge in [0.2, 0.25) is 0 Å². The maximum absolute atomic E-state index is 12.0. The molecule has 1 fully saturated rings. The molecule has 0 saturated carbocycles. The number of ether oxygens (including phenoxy) is 1. The van der Waals surface area contributed by atoms with Crippen LogP contribution in [0.2, 0.25) is 0 Å². The summed E-state index contributed by atoms with van der Waals surface area (Å²) in [6, 6.07) is 5.49. The van der Waals surface area contributed by atoms with Gasteiger partial charge >= 0.3 is 5.97 Å². The Kier molecular flexibility index (Phi) is 4.30. The number of esters is 1. The smallest absolute Gasteiger partial charge is 0.340 e. The van der Waals surface area contributed by atoms with E-state index >= 15 is 0 Å². The lowest BCUT2D eigenvalue weighted by Gasteiger charge is -2.33. The summed E-state index contributed by atoms with van der Waals surface area (Å²) >= 11 is 0. The zero-order valence-electron chi connectivity index (χ0n) is 11.7. The molecule has 1 aromatic rings. The highest BCUT2D eigenvalue weighted by Gasteiger charge is 2.21. The number of anilines is 2. The van der Waals surface area contributed by atoms with Crippen LogP contribution in [0.1, 0.15) is 37.0 Å². The number of benzene rings is 1. The normalized spacial score (nSPS) is 16.4. The molecule has 2 N–H and O–H groups in total. The van der Waals surface area contributed by atoms with Gasteiger partial charge in [0.15, 0.2) is 0 Å². The molecular weight excluding hydrogens is 240 g/mol. The van der Waals surface area contributed by atoms with Crippen LogP contribution in [-0.2, 0) is 4.74 Å². The van der Waals surface area contributed by atoms with E-state index < -0.39 is 0 Å². The molecule has 4 heteroatoms. The Morgan fingerprint density at radius 2 is 2.11 bits per heavy atom. The number of carbonyl (C=O) groups excluding carboxylic acids is 1. The van der Waals surface area contributed by atoms with E-state index in [0.29, 0.717) is 17.9 Å². The number of nitrogens with zero attached hydrogens (tertiary/aromatic N) is 1. The third-order valence-corrected chi connectivity index (χ3v) is 3.64. The lowest BCUT2D eigenvalue weighted by molar-refractivity contribution is 0.0527. The van der Waals surface area contributed by atoms with Gasteiger partial charge in [0.25, 0.3) is 0 Å². The highest BCUT2D eigenvalue weighted by atomic mass is 16.5. The van der Waals surface area contributed by atoms with Gasteiger partial charge in [0.1, 0.15) is 0 Å². The molecule has 0 unspecified atom stereocenters. The molecule has 4 nitrogen and oxygen atoms in total. The zero-order valence-corrected chi connectivity index (χ0v) is 11.7. The molecule has 104 valence electrons. The maximum atomic E-state index is 12.0. The van der Waals surface area contributed by atoms with Crippen LogP contribution in [-0.4, -0.2) is 25.7 Å². The Hall–Kier alpha value is -1.71. The summed E-state index contributed by atoms with van der Waals surface area (Å²) in [6.45, 7) is 6.43. The molecular formula is C15H22N2O2. The van der Waals surface area contributed by atoms with Crippen molar-refractivity contribution in [1.82, 2.24) is 0 Å². The first-order chi connectivity index (χ1) is 9.11. The highest BCUT2D eigenvalue weighted by molar-refractivity contribution is 5.97. The molecule has 0 atom stereocenters. The fourth-order valence-electron chi connectivity index (χ4n) is 2.45. The first-order valence-electron chi connectivity index (χ1n) is 6.93. The van der Waals surface area contributed by atoms with Gasteiger partial charge in [-0.2, -0.15) is 0 Å². The van der Waals surface area contributed by atoms with Crippen LogP contribution in [0.4, 0.5) is 11.4 Å². The fraction of sp³-hybridized carbons (Fsp3) is 0.533. The standard InChI is InChI=1S/C15H22N2O2/c1-3-19-15(18)13-10-12(16)4-5-14(13)17-8-6-11(2)7-9-17/h4-5,10-11H,3,6-9,16H2,1-2H3. The summed E-state index contributed by atoms with van der Waals surface area (Å²) in [4.78, 5) is 14.3. The summed E-state index contributed by atoms with van der Waals surface area (Å²) in [7, 11) is 0. The Morgan fingerprint density at radius 1 is 1.42 bits per heavy atom. The van der Waals surface area contributed by atoms with Gasteiger partial charge in [-0.3, -0.25) is 0 Å². The van der Waals surface area contributed by atoms with Crippen LogP contribution in [0.5, 0.6) is 0 Å². The Balaban J connectivity index is 2.26. The molecule has 1 aliphatic heterocycles. The first kappa shape index (κ1) is 13.7. The van der Waals surface area contributed by atoms with Crippen LogP contribution in [0, 0.1) is 5.92 Å². The van der Waals surface area contributed by atoms with Gasteiger partial charge in [-0.05, 0) is 43.9 Å². The number of hydrogen-bond donors (Lipinski definition) is 1. The lowest BCUT2D eigenvalue weighted by Crippen LogP contribution is -2.34. The molecule has 1 saturated heterocycles. The topological polar surface area (TPSA) is 55.6 Å². The van der Waals surface area contributed by atoms with E-state index in [0.717, 1.165) is 37.5 Å². The average Bonchev–Trinajstić information content (AvgIpc) is 2.40. The summed E-state index contributed by atoms with van der Waals surface area (Å²) < 4.78 is 5.11. The molecule has 0 aliphatic carbocycles. The van der Waals surface area contributed by atoms with Crippen molar-refractivity contribution in [2.75, 3.05) is 30.3 Å². The van der Waals surface area contributed by atoms with E-state index in [1.54, 1.807) is 6.07 Å². The van der Waals surface area contributed by atoms with Gasteiger partial charge < -0.3 is 15.4 Å². The molecule has 0 bridgehead atoms. The van der Waals surface area contributed by atoms with Gasteiger partial charge in [0, 0.05) is 18.8 Å². The van der Waals surface area contributed by atoms with Crippen molar-refractivity contribution in [1.29, 1.82) is 0 Å². The minimum Gasteiger partial charge on any atom is -0.462 e. The van der Waals surface area contributed by atoms with Crippen LogP contribution in [0.15, 0.2) is 18.2 Å². The molecule has 1 aliphatic rings. The number of nitrogens with two attached hydrogens (primary N) is 1. The highest BCUT2D eigenvalue weighted by Crippen LogP contribution is 2.28. The van der Waals surface area contributed by atoms with E-state index in [9.17, 15) is 4.79 Å². The van der Waals surface area contributed by atoms with Crippen LogP contribution in [0.3, 0.4) is 0 Å². The van der Waals surface area contributed by atoms with Crippen molar-refractivity contribution >= 4 is 17.3 Å². The van der Waals surface area contributed by atoms with E-state index in [-0.39, 0.29) is 5.97 Å². The second-order valence-corrected chi connectivity index (χ2v) is 5.17. The van der Waals surface area contributed by atoms with Gasteiger partial charge in [-0.1, -0.05) is 6.92 Å². The Bertz CT molecular complexity index is 451. The van der Waals surface area contributed by atoms with E-state index in [1.807, 2.05) is 19.1 Å². The molecule has 0 radical (unpaired) electrons. The maximum Gasteiger partial charge on any atom is 0.340 e. The summed E-state index contributed by atoms with van der Waals surface area (Å²) in [5, 5.41) is 0. The predicted molar refractivity (Wildman–Crippen MR) is 77.4 cm³/mol. The molecule has 19 heavy (non-hydrogen) atoms. The third kappa shape index (κ3) is 3.19. The van der Waals surface area contributed by atoms with Gasteiger partial charge in [0.05, 0.1) is 17.9 Å². The Morgan fingerprint density at radius 3 is 2.74 bits per heavy atom. The molecule has 0 amide bonds. The zero-order chi connectivity index (χ0) is 13.8. The van der Waals surface area contributed by atoms with Gasteiger partial charge in [-0.25, -0.2) is 4.79 Å². The van der Waals surface area contributed by atoms with Crippen molar-refractivity contribution in [2.24, 2.45) is 5.92 Å². The predicted octanol–water partition coefficient (Wildman–Crippen LogP) is 2.68. The quantitative estimate of drug-likeness (QED) is 0.672. The molecule has 0 aromatic heterocycles. The van der Waals surface area contributed by atoms with Crippen LogP contribution in [0.25, 0.3) is 0 Å². The third-order valence-electron chi connectivity index (χ3n) is 3.64. The number of hydrogen-bond acceptors (Lipinski definition) is 4. The fourth-order valence-corrected chi connectivity index (χ4v) is 2.45. The van der Waals surface area contributed by atoms with Crippen LogP contribution >= 0.6 is 0 Å². The first-order valence-corrected chi connectivity index (χ1v) is 6.93. The SMILES string of the molecule is CCOC(=O)c1cc(N)ccc1N1CCC(C)CC1. The minimum atomic E-state index is -0.288. The lowest BCUT2D eigenvalue weighted by atomic mass is 9.98. The van der Waals surface area contributed by atoms with E-state index in [4.69, 9.17) is 10.5 Å². The number of rotatable bonds is 3. The van der Waals surface area contributed by atoms with Crippen molar-refractivity contribution < 1.29 is 9.53 Å². The number of piperidine rings is 1. The van der Waals surface area contributed by atoms with Crippen molar-refractivity contribution in [3.8, 4) is 0 Å². The van der Waals surface area contributed by atoms with Crippen molar-refractivity contribution in [3.63, 3.8) is 0 Å². The van der Waals surface area contributed by atoms with Crippen molar-refractivity contribution in [3.05, 3.63) is 23.8 Å². The van der Waals surface area contributed by atoms with Crippen LogP contribution < -0.4 is 10.6 Å². The molecule has 1 heterocycles. The van der Waals surface area contributed by atoms with E-state index in [1.165, 1.54) is 0 Å². The molecule has 0 spiro atoms. The minimum absolute atomic E-state index is 0.288. The monoisotopic (exact) mass is 262 g/mol. The second-order valence-electron chi connectivity index (χ2n) is 5.17. The molecule has 1 aromatic carbocycles. The second kappa shape index (κ2) is 5.95. The van der Waals surface area contributed by atoms with Crippen molar-refractivity contribution in [2.45, 2.75) is 26.7 Å². The number of nitrogen functional groups attached to an aromatic ring is 1. The summed E-state index contributed by atoms with van der Waals surface area (Å²) in [5.41, 5.74) is 7.91. The van der Waals surface area contributed by atoms with E-state index in [2.05, 4.69) is 11.8 Å². The largest absolute Gasteiger partial charge is 0.462 e. The number of carbonyl (C=O) groups is 1.